The number of ether oxygens (including phenoxy) is 4. The van der Waals surface area contributed by atoms with E-state index in [-0.39, 0.29) is 25.6 Å². The molecule has 0 bridgehead atoms. The summed E-state index contributed by atoms with van der Waals surface area (Å²) in [4.78, 5) is 53.0. The zero-order valence-electron chi connectivity index (χ0n) is 29.4. The lowest BCUT2D eigenvalue weighted by atomic mass is 9.91. The maximum atomic E-state index is 13.9. The highest BCUT2D eigenvalue weighted by molar-refractivity contribution is 5.93. The molecule has 0 fully saturated rings. The van der Waals surface area contributed by atoms with Gasteiger partial charge in [0.05, 0.1) is 0 Å². The van der Waals surface area contributed by atoms with Gasteiger partial charge in [0, 0.05) is 0 Å². The molecule has 11 heteroatoms. The van der Waals surface area contributed by atoms with Crippen LogP contribution in [-0.4, -0.2) is 53.7 Å². The van der Waals surface area contributed by atoms with Crippen molar-refractivity contribution in [1.82, 2.24) is 16.0 Å². The molecule has 3 rings (SSSR count). The second-order valence-electron chi connectivity index (χ2n) is 13.2. The minimum atomic E-state index is -1.35. The Hall–Kier alpha value is -5.06. The molecule has 3 aromatic rings. The molecule has 0 saturated carbocycles. The van der Waals surface area contributed by atoms with E-state index >= 15 is 0 Å². The molecule has 3 aromatic carbocycles. The number of rotatable bonds is 16. The maximum Gasteiger partial charge on any atom is 0.408 e. The van der Waals surface area contributed by atoms with Gasteiger partial charge in [0.15, 0.2) is 11.5 Å². The van der Waals surface area contributed by atoms with Gasteiger partial charge in [-0.1, -0.05) is 93.6 Å². The zero-order chi connectivity index (χ0) is 36.0. The lowest BCUT2D eigenvalue weighted by Crippen LogP contribution is -2.64. The van der Waals surface area contributed by atoms with Crippen molar-refractivity contribution in [2.24, 2.45) is 5.92 Å². The molecule has 3 N–H and O–H groups in total. The molecule has 0 aliphatic carbocycles. The summed E-state index contributed by atoms with van der Waals surface area (Å²) in [6, 6.07) is 23.5. The third kappa shape index (κ3) is 12.5. The normalized spacial score (nSPS) is 13.6. The third-order valence-electron chi connectivity index (χ3n) is 7.56. The van der Waals surface area contributed by atoms with Crippen molar-refractivity contribution in [3.8, 4) is 11.5 Å². The monoisotopic (exact) mass is 675 g/mol. The van der Waals surface area contributed by atoms with Gasteiger partial charge in [-0.2, -0.15) is 0 Å². The van der Waals surface area contributed by atoms with Crippen LogP contribution in [0.5, 0.6) is 11.5 Å². The quantitative estimate of drug-likeness (QED) is 0.164. The highest BCUT2D eigenvalue weighted by atomic mass is 16.6. The van der Waals surface area contributed by atoms with E-state index in [1.807, 2.05) is 67.6 Å². The predicted molar refractivity (Wildman–Crippen MR) is 186 cm³/mol. The van der Waals surface area contributed by atoms with Crippen LogP contribution >= 0.6 is 0 Å². The molecule has 49 heavy (non-hydrogen) atoms. The molecule has 0 heterocycles. The molecule has 0 unspecified atom stereocenters. The Morgan fingerprint density at radius 1 is 0.714 bits per heavy atom. The first-order valence-corrected chi connectivity index (χ1v) is 16.4. The number of benzene rings is 3. The van der Waals surface area contributed by atoms with Crippen LogP contribution in [0.2, 0.25) is 0 Å². The number of esters is 1. The molecule has 0 aliphatic rings. The van der Waals surface area contributed by atoms with Crippen molar-refractivity contribution in [3.05, 3.63) is 96.1 Å². The topological polar surface area (TPSA) is 141 Å². The van der Waals surface area contributed by atoms with Gasteiger partial charge in [-0.25, -0.2) is 4.79 Å². The number of carbonyl (C=O) groups is 4. The van der Waals surface area contributed by atoms with Crippen molar-refractivity contribution in [2.75, 3.05) is 6.54 Å². The maximum absolute atomic E-state index is 13.9. The van der Waals surface area contributed by atoms with Crippen molar-refractivity contribution < 1.29 is 38.1 Å². The summed E-state index contributed by atoms with van der Waals surface area (Å²) < 4.78 is 23.3. The van der Waals surface area contributed by atoms with Crippen LogP contribution in [0.25, 0.3) is 0 Å². The molecular weight excluding hydrogens is 626 g/mol. The van der Waals surface area contributed by atoms with Gasteiger partial charge < -0.3 is 34.9 Å². The standard InChI is InChI=1S/C38H49N3O8/c1-8-38(7,48-30-22-16-15-21-29(30)46-24-27-17-11-9-12-18-27)33(35(44)39-23-31(42)47-25-28-19-13-10-14-20-28)41-34(43)32(26(2)3)40-36(45)49-37(4,5)6/h9-22,26,32-33H,8,23-25H2,1-7H3,(H,39,44)(H,40,45)(H,41,43)/t32-,33+,38+/m0/s1. The van der Waals surface area contributed by atoms with Crippen LogP contribution in [-0.2, 0) is 37.1 Å². The molecule has 3 amide bonds. The van der Waals surface area contributed by atoms with E-state index in [2.05, 4.69) is 16.0 Å². The van der Waals surface area contributed by atoms with E-state index < -0.39 is 53.7 Å². The molecule has 264 valence electrons. The Morgan fingerprint density at radius 3 is 1.82 bits per heavy atom. The Labute approximate surface area is 289 Å². The van der Waals surface area contributed by atoms with Crippen LogP contribution in [0.1, 0.15) is 66.0 Å². The predicted octanol–water partition coefficient (Wildman–Crippen LogP) is 5.71. The molecule has 0 radical (unpaired) electrons. The lowest BCUT2D eigenvalue weighted by Gasteiger charge is -2.38. The van der Waals surface area contributed by atoms with Crippen LogP contribution < -0.4 is 25.4 Å². The number of nitrogens with one attached hydrogen (secondary N) is 3. The van der Waals surface area contributed by atoms with Gasteiger partial charge in [0.25, 0.3) is 0 Å². The van der Waals surface area contributed by atoms with Gasteiger partial charge in [0.2, 0.25) is 11.8 Å². The highest BCUT2D eigenvalue weighted by Gasteiger charge is 2.43. The van der Waals surface area contributed by atoms with Crippen LogP contribution in [0, 0.1) is 5.92 Å². The Kier molecular flexibility index (Phi) is 14.0. The van der Waals surface area contributed by atoms with Crippen molar-refractivity contribution in [1.29, 1.82) is 0 Å². The Bertz CT molecular complexity index is 1520. The van der Waals surface area contributed by atoms with E-state index in [9.17, 15) is 19.2 Å². The van der Waals surface area contributed by atoms with Crippen LogP contribution in [0.4, 0.5) is 4.79 Å². The van der Waals surface area contributed by atoms with Gasteiger partial charge in [0.1, 0.15) is 43.0 Å². The van der Waals surface area contributed by atoms with E-state index in [0.717, 1.165) is 11.1 Å². The summed E-state index contributed by atoms with van der Waals surface area (Å²) in [5.41, 5.74) is -0.390. The zero-order valence-corrected chi connectivity index (χ0v) is 29.4. The van der Waals surface area contributed by atoms with E-state index in [1.54, 1.807) is 65.8 Å². The third-order valence-corrected chi connectivity index (χ3v) is 7.56. The molecule has 3 atom stereocenters. The summed E-state index contributed by atoms with van der Waals surface area (Å²) in [5.74, 6) is -1.56. The van der Waals surface area contributed by atoms with Gasteiger partial charge in [-0.15, -0.1) is 0 Å². The summed E-state index contributed by atoms with van der Waals surface area (Å²) in [5, 5.41) is 8.02. The van der Waals surface area contributed by atoms with Gasteiger partial charge >= 0.3 is 12.1 Å². The van der Waals surface area contributed by atoms with Gasteiger partial charge in [-0.05, 0) is 63.3 Å². The molecule has 0 saturated heterocycles. The number of amides is 3. The minimum Gasteiger partial charge on any atom is -0.485 e. The second kappa shape index (κ2) is 17.9. The first-order chi connectivity index (χ1) is 23.2. The Balaban J connectivity index is 1.85. The first-order valence-electron chi connectivity index (χ1n) is 16.4. The van der Waals surface area contributed by atoms with Crippen molar-refractivity contribution in [3.63, 3.8) is 0 Å². The molecule has 11 nitrogen and oxygen atoms in total. The summed E-state index contributed by atoms with van der Waals surface area (Å²) in [6.07, 6.45) is -0.523. The Morgan fingerprint density at radius 2 is 1.27 bits per heavy atom. The molecule has 0 aromatic heterocycles. The minimum absolute atomic E-state index is 0.0393. The number of alkyl carbamates (subject to hydrolysis) is 1. The van der Waals surface area contributed by atoms with E-state index in [1.165, 1.54) is 0 Å². The fraction of sp³-hybridized carbons (Fsp3) is 0.421. The number of carbonyl (C=O) groups excluding carboxylic acids is 4. The fourth-order valence-corrected chi connectivity index (χ4v) is 4.72. The van der Waals surface area contributed by atoms with Crippen molar-refractivity contribution in [2.45, 2.75) is 91.4 Å². The summed E-state index contributed by atoms with van der Waals surface area (Å²) >= 11 is 0. The van der Waals surface area contributed by atoms with Gasteiger partial charge in [-0.3, -0.25) is 14.4 Å². The van der Waals surface area contributed by atoms with E-state index in [0.29, 0.717) is 11.5 Å². The summed E-state index contributed by atoms with van der Waals surface area (Å²) in [6.45, 7) is 12.0. The second-order valence-corrected chi connectivity index (χ2v) is 13.2. The average molecular weight is 676 g/mol. The molecule has 0 spiro atoms. The SMILES string of the molecule is CC[C@@](C)(Oc1ccccc1OCc1ccccc1)[C@H](NC(=O)[C@@H](NC(=O)OC(C)(C)C)C(C)C)C(=O)NCC(=O)OCc1ccccc1. The first kappa shape index (κ1) is 38.4. The largest absolute Gasteiger partial charge is 0.485 e. The van der Waals surface area contributed by atoms with Crippen molar-refractivity contribution >= 4 is 23.9 Å². The van der Waals surface area contributed by atoms with Crippen LogP contribution in [0.15, 0.2) is 84.9 Å². The molecular formula is C38H49N3O8. The van der Waals surface area contributed by atoms with E-state index in [4.69, 9.17) is 18.9 Å². The lowest BCUT2D eigenvalue weighted by molar-refractivity contribution is -0.146. The van der Waals surface area contributed by atoms with Crippen LogP contribution in [0.3, 0.4) is 0 Å². The number of hydrogen-bond acceptors (Lipinski definition) is 8. The molecule has 0 aliphatic heterocycles. The highest BCUT2D eigenvalue weighted by Crippen LogP contribution is 2.33. The number of hydrogen-bond donors (Lipinski definition) is 3. The summed E-state index contributed by atoms with van der Waals surface area (Å²) in [7, 11) is 0. The average Bonchev–Trinajstić information content (AvgIpc) is 3.07. The smallest absolute Gasteiger partial charge is 0.408 e. The fourth-order valence-electron chi connectivity index (χ4n) is 4.72. The number of para-hydroxylation sites is 2.